The first-order valence-corrected chi connectivity index (χ1v) is 7.15. The van der Waals surface area contributed by atoms with E-state index in [0.29, 0.717) is 5.92 Å². The van der Waals surface area contributed by atoms with E-state index in [1.807, 2.05) is 6.07 Å². The molecule has 1 spiro atoms. The van der Waals surface area contributed by atoms with Crippen LogP contribution < -0.4 is 0 Å². The van der Waals surface area contributed by atoms with Gasteiger partial charge in [0.25, 0.3) is 0 Å². The largest absolute Gasteiger partial charge is 0.477 e. The summed E-state index contributed by atoms with van der Waals surface area (Å²) in [6.07, 6.45) is 4.55. The number of rotatable bonds is 2. The summed E-state index contributed by atoms with van der Waals surface area (Å²) >= 11 is 0. The number of carbonyl (C=O) groups is 1. The first kappa shape index (κ1) is 12.0. The van der Waals surface area contributed by atoms with Gasteiger partial charge in [-0.15, -0.1) is 0 Å². The number of benzene rings is 1. The van der Waals surface area contributed by atoms with Gasteiger partial charge in [-0.25, -0.2) is 4.79 Å². The SMILES string of the molecule is O=C(O)c1cc2cc([C@@H]3CCOC4(CC4)C3)ccc2[nH]1. The number of hydrogen-bond acceptors (Lipinski definition) is 2. The number of hydrogen-bond donors (Lipinski definition) is 2. The smallest absolute Gasteiger partial charge is 0.352 e. The molecule has 1 saturated heterocycles. The van der Waals surface area contributed by atoms with Crippen molar-refractivity contribution in [3.8, 4) is 0 Å². The molecule has 4 rings (SSSR count). The van der Waals surface area contributed by atoms with E-state index in [0.717, 1.165) is 30.4 Å². The summed E-state index contributed by atoms with van der Waals surface area (Å²) < 4.78 is 5.87. The average molecular weight is 271 g/mol. The van der Waals surface area contributed by atoms with Gasteiger partial charge in [0, 0.05) is 17.5 Å². The second-order valence-corrected chi connectivity index (χ2v) is 6.06. The second-order valence-electron chi connectivity index (χ2n) is 6.06. The van der Waals surface area contributed by atoms with Crippen molar-refractivity contribution < 1.29 is 14.6 Å². The Morgan fingerprint density at radius 1 is 1.35 bits per heavy atom. The van der Waals surface area contributed by atoms with Crippen LogP contribution in [0.4, 0.5) is 0 Å². The van der Waals surface area contributed by atoms with Gasteiger partial charge in [0.2, 0.25) is 0 Å². The van der Waals surface area contributed by atoms with E-state index in [-0.39, 0.29) is 11.3 Å². The zero-order valence-electron chi connectivity index (χ0n) is 11.2. The van der Waals surface area contributed by atoms with Crippen molar-refractivity contribution in [2.75, 3.05) is 6.61 Å². The van der Waals surface area contributed by atoms with E-state index in [2.05, 4.69) is 17.1 Å². The number of carboxylic acids is 1. The van der Waals surface area contributed by atoms with E-state index in [9.17, 15) is 4.79 Å². The molecule has 1 aromatic carbocycles. The average Bonchev–Trinajstić information content (AvgIpc) is 3.04. The fourth-order valence-corrected chi connectivity index (χ4v) is 3.32. The standard InChI is InChI=1S/C16H17NO3/c18-15(19)14-8-12-7-10(1-2-13(12)17-14)11-3-6-20-16(9-11)4-5-16/h1-2,7-8,11,17H,3-6,9H2,(H,18,19)/t11-/m1/s1. The van der Waals surface area contributed by atoms with Crippen LogP contribution in [0.5, 0.6) is 0 Å². The maximum atomic E-state index is 11.0. The normalized spacial score (nSPS) is 24.1. The first-order valence-electron chi connectivity index (χ1n) is 7.15. The summed E-state index contributed by atoms with van der Waals surface area (Å²) in [4.78, 5) is 13.9. The molecule has 2 heterocycles. The summed E-state index contributed by atoms with van der Waals surface area (Å²) in [5.41, 5.74) is 2.62. The lowest BCUT2D eigenvalue weighted by molar-refractivity contribution is -0.0132. The minimum absolute atomic E-state index is 0.169. The third-order valence-electron chi connectivity index (χ3n) is 4.65. The van der Waals surface area contributed by atoms with Gasteiger partial charge in [-0.2, -0.15) is 0 Å². The topological polar surface area (TPSA) is 62.3 Å². The maximum Gasteiger partial charge on any atom is 0.352 e. The molecule has 2 aromatic rings. The Morgan fingerprint density at radius 2 is 2.20 bits per heavy atom. The number of aromatic amines is 1. The molecule has 1 atom stereocenters. The number of aromatic carboxylic acids is 1. The minimum Gasteiger partial charge on any atom is -0.477 e. The van der Waals surface area contributed by atoms with Gasteiger partial charge in [-0.1, -0.05) is 6.07 Å². The number of fused-ring (bicyclic) bond motifs is 1. The van der Waals surface area contributed by atoms with Crippen molar-refractivity contribution in [2.24, 2.45) is 0 Å². The van der Waals surface area contributed by atoms with Gasteiger partial charge in [-0.05, 0) is 55.4 Å². The summed E-state index contributed by atoms with van der Waals surface area (Å²) in [5, 5.41) is 10.0. The van der Waals surface area contributed by atoms with Crippen molar-refractivity contribution in [3.05, 3.63) is 35.5 Å². The summed E-state index contributed by atoms with van der Waals surface area (Å²) in [6, 6.07) is 7.96. The first-order chi connectivity index (χ1) is 9.65. The lowest BCUT2D eigenvalue weighted by atomic mass is 9.87. The van der Waals surface area contributed by atoms with E-state index in [1.54, 1.807) is 6.07 Å². The molecule has 2 aliphatic rings. The van der Waals surface area contributed by atoms with Crippen LogP contribution in [-0.2, 0) is 4.74 Å². The fraction of sp³-hybridized carbons (Fsp3) is 0.438. The molecule has 1 aliphatic carbocycles. The monoisotopic (exact) mass is 271 g/mol. The lowest BCUT2D eigenvalue weighted by Gasteiger charge is -2.30. The molecule has 20 heavy (non-hydrogen) atoms. The number of ether oxygens (including phenoxy) is 1. The number of aromatic nitrogens is 1. The van der Waals surface area contributed by atoms with Crippen molar-refractivity contribution in [1.82, 2.24) is 4.98 Å². The molecule has 0 radical (unpaired) electrons. The van der Waals surface area contributed by atoms with Gasteiger partial charge in [0.15, 0.2) is 0 Å². The molecule has 1 saturated carbocycles. The summed E-state index contributed by atoms with van der Waals surface area (Å²) in [6.45, 7) is 0.843. The molecule has 4 heteroatoms. The molecule has 2 fully saturated rings. The minimum atomic E-state index is -0.911. The van der Waals surface area contributed by atoms with Crippen LogP contribution in [-0.4, -0.2) is 28.3 Å². The Labute approximate surface area is 116 Å². The Bertz CT molecular complexity index is 684. The zero-order valence-corrected chi connectivity index (χ0v) is 11.2. The molecule has 2 N–H and O–H groups in total. The third-order valence-corrected chi connectivity index (χ3v) is 4.65. The second kappa shape index (κ2) is 4.09. The highest BCUT2D eigenvalue weighted by Crippen LogP contribution is 2.50. The molecule has 104 valence electrons. The van der Waals surface area contributed by atoms with E-state index in [4.69, 9.17) is 9.84 Å². The zero-order chi connectivity index (χ0) is 13.7. The van der Waals surface area contributed by atoms with Crippen LogP contribution in [0, 0.1) is 0 Å². The van der Waals surface area contributed by atoms with Gasteiger partial charge in [0.1, 0.15) is 5.69 Å². The fourth-order valence-electron chi connectivity index (χ4n) is 3.32. The van der Waals surface area contributed by atoms with Gasteiger partial charge in [-0.3, -0.25) is 0 Å². The molecule has 1 aliphatic heterocycles. The van der Waals surface area contributed by atoms with Crippen molar-refractivity contribution in [1.29, 1.82) is 0 Å². The Kier molecular flexibility index (Phi) is 2.45. The third kappa shape index (κ3) is 1.91. The summed E-state index contributed by atoms with van der Waals surface area (Å²) in [5.74, 6) is -0.371. The van der Waals surface area contributed by atoms with Gasteiger partial charge >= 0.3 is 5.97 Å². The van der Waals surface area contributed by atoms with Crippen LogP contribution in [0.1, 0.15) is 47.7 Å². The molecule has 1 aromatic heterocycles. The molecule has 0 amide bonds. The molecule has 4 nitrogen and oxygen atoms in total. The number of H-pyrrole nitrogens is 1. The van der Waals surface area contributed by atoms with E-state index >= 15 is 0 Å². The highest BCUT2D eigenvalue weighted by molar-refractivity contribution is 5.93. The van der Waals surface area contributed by atoms with Gasteiger partial charge in [0.05, 0.1) is 5.60 Å². The maximum absolute atomic E-state index is 11.0. The Morgan fingerprint density at radius 3 is 2.95 bits per heavy atom. The van der Waals surface area contributed by atoms with Crippen LogP contribution in [0.3, 0.4) is 0 Å². The van der Waals surface area contributed by atoms with E-state index < -0.39 is 5.97 Å². The summed E-state index contributed by atoms with van der Waals surface area (Å²) in [7, 11) is 0. The van der Waals surface area contributed by atoms with Crippen molar-refractivity contribution >= 4 is 16.9 Å². The van der Waals surface area contributed by atoms with Crippen LogP contribution in [0.2, 0.25) is 0 Å². The number of carboxylic acid groups (broad SMARTS) is 1. The number of nitrogens with one attached hydrogen (secondary N) is 1. The van der Waals surface area contributed by atoms with Crippen LogP contribution >= 0.6 is 0 Å². The van der Waals surface area contributed by atoms with Gasteiger partial charge < -0.3 is 14.8 Å². The van der Waals surface area contributed by atoms with E-state index in [1.165, 1.54) is 18.4 Å². The highest BCUT2D eigenvalue weighted by Gasteiger charge is 2.47. The van der Waals surface area contributed by atoms with Crippen molar-refractivity contribution in [2.45, 2.75) is 37.2 Å². The van der Waals surface area contributed by atoms with Crippen LogP contribution in [0.25, 0.3) is 10.9 Å². The molecule has 0 unspecified atom stereocenters. The quantitative estimate of drug-likeness (QED) is 0.881. The molecular weight excluding hydrogens is 254 g/mol. The molecular formula is C16H17NO3. The van der Waals surface area contributed by atoms with Crippen molar-refractivity contribution in [3.63, 3.8) is 0 Å². The Hall–Kier alpha value is -1.81. The highest BCUT2D eigenvalue weighted by atomic mass is 16.5. The predicted octanol–water partition coefficient (Wildman–Crippen LogP) is 3.29. The molecule has 0 bridgehead atoms. The predicted molar refractivity (Wildman–Crippen MR) is 75.2 cm³/mol. The Balaban J connectivity index is 1.67. The lowest BCUT2D eigenvalue weighted by Crippen LogP contribution is -2.25. The van der Waals surface area contributed by atoms with Crippen LogP contribution in [0.15, 0.2) is 24.3 Å².